The average molecular weight is 862 g/mol. The van der Waals surface area contributed by atoms with Crippen molar-refractivity contribution < 1.29 is 24.3 Å². The molecule has 246 valence electrons. The summed E-state index contributed by atoms with van der Waals surface area (Å²) in [6, 6.07) is 14.1. The van der Waals surface area contributed by atoms with Gasteiger partial charge in [0.2, 0.25) is 11.8 Å². The van der Waals surface area contributed by atoms with E-state index in [2.05, 4.69) is 86.8 Å². The third-order valence-electron chi connectivity index (χ3n) is 8.59. The van der Waals surface area contributed by atoms with Gasteiger partial charge < -0.3 is 25.6 Å². The first-order chi connectivity index (χ1) is 22.3. The number of rotatable bonds is 10. The predicted molar refractivity (Wildman–Crippen MR) is 197 cm³/mol. The Morgan fingerprint density at radius 1 is 1.00 bits per heavy atom. The van der Waals surface area contributed by atoms with Crippen LogP contribution in [0.4, 0.5) is 0 Å². The first-order valence-electron chi connectivity index (χ1n) is 15.5. The van der Waals surface area contributed by atoms with E-state index in [4.69, 9.17) is 4.98 Å². The van der Waals surface area contributed by atoms with Crippen LogP contribution in [-0.2, 0) is 20.8 Å². The molecule has 12 heteroatoms. The predicted octanol–water partition coefficient (Wildman–Crippen LogP) is 5.61. The number of nitrogens with zero attached hydrogens (tertiary/aromatic N) is 2. The number of aliphatic carboxylic acids is 1. The van der Waals surface area contributed by atoms with Gasteiger partial charge in [-0.1, -0.05) is 44.2 Å². The molecule has 1 aromatic heterocycles. The van der Waals surface area contributed by atoms with Crippen LogP contribution in [0.3, 0.4) is 0 Å². The lowest BCUT2D eigenvalue weighted by Crippen LogP contribution is -2.57. The fraction of sp³-hybridized carbons (Fsp3) is 0.343. The quantitative estimate of drug-likeness (QED) is 0.153. The zero-order valence-corrected chi connectivity index (χ0v) is 30.9. The number of H-pyrrole nitrogens is 1. The van der Waals surface area contributed by atoms with E-state index in [1.807, 2.05) is 30.3 Å². The summed E-state index contributed by atoms with van der Waals surface area (Å²) < 4.78 is 1.64. The maximum absolute atomic E-state index is 13.8. The van der Waals surface area contributed by atoms with Gasteiger partial charge in [0, 0.05) is 31.2 Å². The summed E-state index contributed by atoms with van der Waals surface area (Å²) in [6.07, 6.45) is 1.15. The van der Waals surface area contributed by atoms with Crippen molar-refractivity contribution in [3.05, 3.63) is 84.0 Å². The number of likely N-dealkylation sites (tertiary alicyclic amines) is 1. The molecule has 0 spiro atoms. The number of halogens is 2. The zero-order valence-electron chi connectivity index (χ0n) is 26.6. The van der Waals surface area contributed by atoms with Crippen molar-refractivity contribution in [2.45, 2.75) is 65.1 Å². The molecule has 47 heavy (non-hydrogen) atoms. The van der Waals surface area contributed by atoms with Crippen LogP contribution in [0.2, 0.25) is 0 Å². The van der Waals surface area contributed by atoms with Crippen molar-refractivity contribution in [2.75, 3.05) is 6.54 Å². The molecule has 3 amide bonds. The van der Waals surface area contributed by atoms with Gasteiger partial charge in [-0.05, 0) is 119 Å². The lowest BCUT2D eigenvalue weighted by atomic mass is 10.00. The van der Waals surface area contributed by atoms with Crippen molar-refractivity contribution in [3.63, 3.8) is 0 Å². The summed E-state index contributed by atoms with van der Waals surface area (Å²) in [6.45, 7) is 8.04. The third kappa shape index (κ3) is 7.79. The smallest absolute Gasteiger partial charge is 0.326 e. The summed E-state index contributed by atoms with van der Waals surface area (Å²) in [7, 11) is 0. The van der Waals surface area contributed by atoms with Crippen molar-refractivity contribution >= 4 is 79.9 Å². The Labute approximate surface area is 300 Å². The third-order valence-corrected chi connectivity index (χ3v) is 10.3. The molecule has 0 saturated carbocycles. The summed E-state index contributed by atoms with van der Waals surface area (Å²) in [5, 5.41) is 15.4. The van der Waals surface area contributed by atoms with Gasteiger partial charge in [-0.25, -0.2) is 9.78 Å². The number of carboxylic acids is 1. The number of carboxylic acid groups (broad SMARTS) is 1. The molecular formula is C35H37I2N5O5. The van der Waals surface area contributed by atoms with E-state index in [0.29, 0.717) is 30.8 Å². The van der Waals surface area contributed by atoms with Crippen LogP contribution in [0.25, 0.3) is 22.4 Å². The molecule has 5 rings (SSSR count). The molecule has 0 bridgehead atoms. The monoisotopic (exact) mass is 861 g/mol. The molecule has 4 N–H and O–H groups in total. The standard InChI is InChI=1S/C35H37I2N5O5/c1-18(2)30(34(45)42-12-8-11-28(42)35(46)47)41-33(44)27(15-21-9-6-5-7-10-21)40-32(43)22-16-23(36)29(24(37)17-22)31-38-25-13-19(3)20(4)14-26(25)39-31/h5-7,9-10,13-14,16-18,27-28,30H,8,11-12,15H2,1-4H3,(H,38,39)(H,40,43)(H,41,44)(H,46,47)/t27-,28-,30-/m0/s1. The number of carbonyl (C=O) groups is 4. The highest BCUT2D eigenvalue weighted by atomic mass is 127. The molecule has 3 aromatic carbocycles. The van der Waals surface area contributed by atoms with Crippen molar-refractivity contribution in [3.8, 4) is 11.4 Å². The van der Waals surface area contributed by atoms with Gasteiger partial charge in [0.1, 0.15) is 23.9 Å². The van der Waals surface area contributed by atoms with Crippen molar-refractivity contribution in [2.24, 2.45) is 5.92 Å². The van der Waals surface area contributed by atoms with Crippen molar-refractivity contribution in [1.82, 2.24) is 25.5 Å². The molecule has 1 aliphatic rings. The highest BCUT2D eigenvalue weighted by Gasteiger charge is 2.39. The van der Waals surface area contributed by atoms with E-state index in [1.54, 1.807) is 26.0 Å². The molecule has 1 fully saturated rings. The summed E-state index contributed by atoms with van der Waals surface area (Å²) >= 11 is 4.40. The van der Waals surface area contributed by atoms with Crippen LogP contribution < -0.4 is 10.6 Å². The number of benzene rings is 3. The normalized spacial score (nSPS) is 15.9. The molecule has 2 heterocycles. The Kier molecular flexibility index (Phi) is 10.9. The Bertz CT molecular complexity index is 1780. The largest absolute Gasteiger partial charge is 0.480 e. The van der Waals surface area contributed by atoms with Gasteiger partial charge in [0.05, 0.1) is 11.0 Å². The van der Waals surface area contributed by atoms with Crippen LogP contribution in [0.15, 0.2) is 54.6 Å². The molecular weight excluding hydrogens is 824 g/mol. The van der Waals surface area contributed by atoms with E-state index in [0.717, 1.165) is 34.9 Å². The molecule has 4 aromatic rings. The number of fused-ring (bicyclic) bond motifs is 1. The van der Waals surface area contributed by atoms with E-state index >= 15 is 0 Å². The fourth-order valence-corrected chi connectivity index (χ4v) is 8.13. The number of hydrogen-bond donors (Lipinski definition) is 4. The number of aromatic nitrogens is 2. The topological polar surface area (TPSA) is 144 Å². The Hall–Kier alpha value is -3.53. The van der Waals surface area contributed by atoms with Crippen LogP contribution in [0.1, 0.15) is 53.7 Å². The number of amides is 3. The maximum Gasteiger partial charge on any atom is 0.326 e. The second-order valence-electron chi connectivity index (χ2n) is 12.3. The van der Waals surface area contributed by atoms with Gasteiger partial charge >= 0.3 is 5.97 Å². The van der Waals surface area contributed by atoms with Crippen LogP contribution >= 0.6 is 45.2 Å². The van der Waals surface area contributed by atoms with Gasteiger partial charge in [0.15, 0.2) is 0 Å². The minimum Gasteiger partial charge on any atom is -0.480 e. The average Bonchev–Trinajstić information content (AvgIpc) is 3.67. The number of aryl methyl sites for hydroxylation is 2. The molecule has 1 saturated heterocycles. The first-order valence-corrected chi connectivity index (χ1v) is 17.6. The molecule has 1 aliphatic heterocycles. The summed E-state index contributed by atoms with van der Waals surface area (Å²) in [5.74, 6) is -2.04. The van der Waals surface area contributed by atoms with E-state index in [1.165, 1.54) is 10.5 Å². The number of aromatic amines is 1. The molecule has 0 unspecified atom stereocenters. The van der Waals surface area contributed by atoms with Gasteiger partial charge in [-0.15, -0.1) is 0 Å². The highest BCUT2D eigenvalue weighted by Crippen LogP contribution is 2.32. The molecule has 0 aliphatic carbocycles. The van der Waals surface area contributed by atoms with Crippen LogP contribution in [0, 0.1) is 26.9 Å². The number of hydrogen-bond acceptors (Lipinski definition) is 5. The Morgan fingerprint density at radius 3 is 2.30 bits per heavy atom. The minimum absolute atomic E-state index is 0.197. The lowest BCUT2D eigenvalue weighted by molar-refractivity contribution is -0.150. The van der Waals surface area contributed by atoms with Crippen molar-refractivity contribution in [1.29, 1.82) is 0 Å². The van der Waals surface area contributed by atoms with Gasteiger partial charge in [-0.2, -0.15) is 0 Å². The van der Waals surface area contributed by atoms with E-state index < -0.39 is 41.8 Å². The highest BCUT2D eigenvalue weighted by molar-refractivity contribution is 14.1. The van der Waals surface area contributed by atoms with E-state index in [9.17, 15) is 24.3 Å². The maximum atomic E-state index is 13.8. The number of nitrogens with one attached hydrogen (secondary N) is 3. The second-order valence-corrected chi connectivity index (χ2v) is 14.7. The van der Waals surface area contributed by atoms with E-state index in [-0.39, 0.29) is 12.3 Å². The zero-order chi connectivity index (χ0) is 34.0. The number of imidazole rings is 1. The molecule has 0 radical (unpaired) electrons. The molecule has 10 nitrogen and oxygen atoms in total. The summed E-state index contributed by atoms with van der Waals surface area (Å²) in [5.41, 5.74) is 6.23. The lowest BCUT2D eigenvalue weighted by Gasteiger charge is -2.30. The molecule has 3 atom stereocenters. The fourth-order valence-electron chi connectivity index (χ4n) is 5.85. The SMILES string of the molecule is Cc1cc2nc(-c3c(I)cc(C(=O)N[C@@H](Cc4ccccc4)C(=O)N[C@H](C(=O)N4CCC[C@H]4C(=O)O)C(C)C)cc3I)[nH]c2cc1C. The first kappa shape index (κ1) is 34.8. The minimum atomic E-state index is -1.06. The van der Waals surface area contributed by atoms with Crippen LogP contribution in [-0.4, -0.2) is 68.3 Å². The second kappa shape index (κ2) is 14.7. The van der Waals surface area contributed by atoms with Crippen LogP contribution in [0.5, 0.6) is 0 Å². The Morgan fingerprint density at radius 2 is 1.66 bits per heavy atom. The Balaban J connectivity index is 1.39. The number of carbonyl (C=O) groups excluding carboxylic acids is 3. The van der Waals surface area contributed by atoms with Gasteiger partial charge in [-0.3, -0.25) is 14.4 Å². The van der Waals surface area contributed by atoms with Gasteiger partial charge in [0.25, 0.3) is 5.91 Å². The summed E-state index contributed by atoms with van der Waals surface area (Å²) in [4.78, 5) is 62.5.